The fourth-order valence-electron chi connectivity index (χ4n) is 2.59. The average Bonchev–Trinajstić information content (AvgIpc) is 2.35. The molecule has 1 nitrogen and oxygen atoms in total. The topological polar surface area (TPSA) is 12.0 Å². The smallest absolute Gasteiger partial charge is 0.0208 e. The van der Waals surface area contributed by atoms with Crippen molar-refractivity contribution in [2.24, 2.45) is 0 Å². The molecule has 0 radical (unpaired) electrons. The van der Waals surface area contributed by atoms with Crippen molar-refractivity contribution < 1.29 is 0 Å². The second-order valence-corrected chi connectivity index (χ2v) is 4.79. The predicted octanol–water partition coefficient (Wildman–Crippen LogP) is 3.46. The summed E-state index contributed by atoms with van der Waals surface area (Å²) in [6.45, 7) is 4.49. The minimum atomic E-state index is 1.07. The van der Waals surface area contributed by atoms with E-state index < -0.39 is 0 Å². The molecule has 0 bridgehead atoms. The van der Waals surface area contributed by atoms with Crippen molar-refractivity contribution in [3.05, 3.63) is 34.9 Å². The summed E-state index contributed by atoms with van der Waals surface area (Å²) in [6.07, 6.45) is 7.96. The normalized spacial score (nSPS) is 14.8. The Bertz CT molecular complexity index is 330. The fourth-order valence-corrected chi connectivity index (χ4v) is 2.59. The van der Waals surface area contributed by atoms with E-state index in [9.17, 15) is 0 Å². The molecule has 1 aromatic rings. The quantitative estimate of drug-likeness (QED) is 0.745. The zero-order chi connectivity index (χ0) is 11.2. The Kier molecular flexibility index (Phi) is 4.41. The molecule has 0 saturated heterocycles. The molecule has 0 unspecified atom stereocenters. The van der Waals surface area contributed by atoms with Crippen LogP contribution in [0, 0.1) is 0 Å². The van der Waals surface area contributed by atoms with Crippen LogP contribution in [0.1, 0.15) is 49.3 Å². The van der Waals surface area contributed by atoms with Crippen LogP contribution in [-0.2, 0) is 19.4 Å². The van der Waals surface area contributed by atoms with Crippen LogP contribution in [0.15, 0.2) is 18.2 Å². The highest BCUT2D eigenvalue weighted by Crippen LogP contribution is 2.20. The number of unbranched alkanes of at least 4 members (excludes halogenated alkanes) is 3. The van der Waals surface area contributed by atoms with Gasteiger partial charge in [0.25, 0.3) is 0 Å². The monoisotopic (exact) mass is 217 g/mol. The molecule has 0 aromatic heterocycles. The largest absolute Gasteiger partial charge is 0.312 e. The van der Waals surface area contributed by atoms with Gasteiger partial charge in [-0.2, -0.15) is 0 Å². The Morgan fingerprint density at radius 3 is 3.00 bits per heavy atom. The third-order valence-corrected chi connectivity index (χ3v) is 3.54. The molecular weight excluding hydrogens is 194 g/mol. The van der Waals surface area contributed by atoms with E-state index in [4.69, 9.17) is 0 Å². The Hall–Kier alpha value is -0.820. The summed E-state index contributed by atoms with van der Waals surface area (Å²) >= 11 is 0. The van der Waals surface area contributed by atoms with E-state index in [1.54, 1.807) is 11.1 Å². The van der Waals surface area contributed by atoms with Crippen LogP contribution in [0.2, 0.25) is 0 Å². The van der Waals surface area contributed by atoms with Gasteiger partial charge in [0, 0.05) is 6.54 Å². The molecule has 1 heteroatoms. The second-order valence-electron chi connectivity index (χ2n) is 4.79. The SMILES string of the molecule is CCCCCCc1cccc2c1CCNC2. The van der Waals surface area contributed by atoms with Crippen LogP contribution in [0.3, 0.4) is 0 Å². The van der Waals surface area contributed by atoms with E-state index in [-0.39, 0.29) is 0 Å². The van der Waals surface area contributed by atoms with Crippen molar-refractivity contribution in [2.75, 3.05) is 6.54 Å². The molecule has 0 amide bonds. The van der Waals surface area contributed by atoms with Crippen molar-refractivity contribution >= 4 is 0 Å². The zero-order valence-corrected chi connectivity index (χ0v) is 10.4. The number of fused-ring (bicyclic) bond motifs is 1. The van der Waals surface area contributed by atoms with E-state index in [1.807, 2.05) is 0 Å². The molecule has 0 atom stereocenters. The highest BCUT2D eigenvalue weighted by atomic mass is 14.9. The molecule has 1 N–H and O–H groups in total. The van der Waals surface area contributed by atoms with Crippen molar-refractivity contribution in [2.45, 2.75) is 52.0 Å². The molecule has 1 aliphatic rings. The summed E-state index contributed by atoms with van der Waals surface area (Å²) in [4.78, 5) is 0. The number of rotatable bonds is 5. The summed E-state index contributed by atoms with van der Waals surface area (Å²) in [6, 6.07) is 6.83. The van der Waals surface area contributed by atoms with Crippen molar-refractivity contribution in [3.63, 3.8) is 0 Å². The molecule has 1 aromatic carbocycles. The van der Waals surface area contributed by atoms with E-state index in [2.05, 4.69) is 30.4 Å². The first-order valence-corrected chi connectivity index (χ1v) is 6.72. The Morgan fingerprint density at radius 1 is 1.19 bits per heavy atom. The summed E-state index contributed by atoms with van der Waals surface area (Å²) in [5.74, 6) is 0. The minimum absolute atomic E-state index is 1.07. The van der Waals surface area contributed by atoms with Crippen LogP contribution in [-0.4, -0.2) is 6.54 Å². The highest BCUT2D eigenvalue weighted by Gasteiger charge is 2.11. The number of benzene rings is 1. The van der Waals surface area contributed by atoms with Gasteiger partial charge in [-0.25, -0.2) is 0 Å². The predicted molar refractivity (Wildman–Crippen MR) is 69.7 cm³/mol. The van der Waals surface area contributed by atoms with Gasteiger partial charge in [0.15, 0.2) is 0 Å². The van der Waals surface area contributed by atoms with Gasteiger partial charge in [-0.1, -0.05) is 44.4 Å². The lowest BCUT2D eigenvalue weighted by molar-refractivity contribution is 0.627. The molecular formula is C15H23N. The number of hydrogen-bond acceptors (Lipinski definition) is 1. The second kappa shape index (κ2) is 6.05. The first-order chi connectivity index (χ1) is 7.92. The number of aryl methyl sites for hydroxylation is 1. The van der Waals surface area contributed by atoms with E-state index in [0.29, 0.717) is 0 Å². The van der Waals surface area contributed by atoms with Gasteiger partial charge in [-0.3, -0.25) is 0 Å². The van der Waals surface area contributed by atoms with Crippen molar-refractivity contribution in [1.29, 1.82) is 0 Å². The standard InChI is InChI=1S/C15H23N/c1-2-3-4-5-7-13-8-6-9-14-12-16-11-10-15(13)14/h6,8-9,16H,2-5,7,10-12H2,1H3. The Balaban J connectivity index is 1.97. The lowest BCUT2D eigenvalue weighted by atomic mass is 9.92. The number of nitrogens with one attached hydrogen (secondary N) is 1. The van der Waals surface area contributed by atoms with Crippen molar-refractivity contribution in [3.8, 4) is 0 Å². The summed E-state index contributed by atoms with van der Waals surface area (Å²) < 4.78 is 0. The molecule has 0 aliphatic carbocycles. The first-order valence-electron chi connectivity index (χ1n) is 6.72. The molecule has 0 spiro atoms. The van der Waals surface area contributed by atoms with Gasteiger partial charge in [-0.05, 0) is 42.5 Å². The van der Waals surface area contributed by atoms with Gasteiger partial charge in [0.05, 0.1) is 0 Å². The first kappa shape index (κ1) is 11.7. The lowest BCUT2D eigenvalue weighted by Crippen LogP contribution is -2.24. The average molecular weight is 217 g/mol. The zero-order valence-electron chi connectivity index (χ0n) is 10.4. The van der Waals surface area contributed by atoms with Gasteiger partial charge in [0.1, 0.15) is 0 Å². The van der Waals surface area contributed by atoms with E-state index in [1.165, 1.54) is 44.1 Å². The van der Waals surface area contributed by atoms with Gasteiger partial charge < -0.3 is 5.32 Å². The highest BCUT2D eigenvalue weighted by molar-refractivity contribution is 5.37. The molecule has 1 heterocycles. The number of hydrogen-bond donors (Lipinski definition) is 1. The maximum atomic E-state index is 3.44. The third kappa shape index (κ3) is 2.85. The molecule has 16 heavy (non-hydrogen) atoms. The van der Waals surface area contributed by atoms with Gasteiger partial charge in [-0.15, -0.1) is 0 Å². The van der Waals surface area contributed by atoms with Crippen molar-refractivity contribution in [1.82, 2.24) is 5.32 Å². The fraction of sp³-hybridized carbons (Fsp3) is 0.600. The molecule has 2 rings (SSSR count). The Morgan fingerprint density at radius 2 is 2.12 bits per heavy atom. The maximum absolute atomic E-state index is 3.44. The molecule has 1 aliphatic heterocycles. The van der Waals surface area contributed by atoms with Crippen LogP contribution in [0.5, 0.6) is 0 Å². The van der Waals surface area contributed by atoms with Crippen LogP contribution in [0.25, 0.3) is 0 Å². The molecule has 0 saturated carbocycles. The maximum Gasteiger partial charge on any atom is 0.0208 e. The Labute approximate surface area is 99.3 Å². The van der Waals surface area contributed by atoms with Gasteiger partial charge >= 0.3 is 0 Å². The molecule has 88 valence electrons. The van der Waals surface area contributed by atoms with Crippen LogP contribution >= 0.6 is 0 Å². The van der Waals surface area contributed by atoms with Crippen LogP contribution < -0.4 is 5.32 Å². The van der Waals surface area contributed by atoms with E-state index in [0.717, 1.165) is 13.1 Å². The van der Waals surface area contributed by atoms with Gasteiger partial charge in [0.2, 0.25) is 0 Å². The lowest BCUT2D eigenvalue weighted by Gasteiger charge is -2.20. The van der Waals surface area contributed by atoms with Crippen LogP contribution in [0.4, 0.5) is 0 Å². The summed E-state index contributed by atoms with van der Waals surface area (Å²) in [7, 11) is 0. The summed E-state index contributed by atoms with van der Waals surface area (Å²) in [5, 5.41) is 3.44. The van der Waals surface area contributed by atoms with E-state index >= 15 is 0 Å². The third-order valence-electron chi connectivity index (χ3n) is 3.54. The minimum Gasteiger partial charge on any atom is -0.312 e. The summed E-state index contributed by atoms with van der Waals surface area (Å²) in [5.41, 5.74) is 4.77. The molecule has 0 fully saturated rings.